The zero-order valence-corrected chi connectivity index (χ0v) is 15.3. The maximum atomic E-state index is 12.2. The first-order valence-corrected chi connectivity index (χ1v) is 8.45. The molecule has 8 nitrogen and oxygen atoms in total. The largest absolute Gasteiger partial charge is 0.361 e. The number of rotatable bonds is 6. The number of aryl methyl sites for hydroxylation is 3. The Labute approximate surface area is 146 Å². The van der Waals surface area contributed by atoms with Gasteiger partial charge in [0.05, 0.1) is 24.0 Å². The van der Waals surface area contributed by atoms with Crippen molar-refractivity contribution in [2.45, 2.75) is 60.0 Å². The third-order valence-corrected chi connectivity index (χ3v) is 4.26. The highest BCUT2D eigenvalue weighted by Gasteiger charge is 2.19. The molecule has 0 aliphatic carbocycles. The number of hydrogen-bond donors (Lipinski definition) is 3. The van der Waals surface area contributed by atoms with Crippen molar-refractivity contribution >= 4 is 6.03 Å². The molecule has 0 radical (unpaired) electrons. The molecule has 0 saturated heterocycles. The molecule has 0 aromatic carbocycles. The second-order valence-electron chi connectivity index (χ2n) is 5.95. The number of H-pyrrole nitrogens is 1. The van der Waals surface area contributed by atoms with Crippen LogP contribution in [0.3, 0.4) is 0 Å². The van der Waals surface area contributed by atoms with Crippen molar-refractivity contribution in [2.75, 3.05) is 0 Å². The van der Waals surface area contributed by atoms with Crippen LogP contribution < -0.4 is 16.2 Å². The number of carbonyl (C=O) groups excluding carboxylic acids is 1. The van der Waals surface area contributed by atoms with E-state index in [4.69, 9.17) is 4.52 Å². The van der Waals surface area contributed by atoms with E-state index in [0.717, 1.165) is 28.9 Å². The van der Waals surface area contributed by atoms with E-state index in [1.54, 1.807) is 0 Å². The Hall–Kier alpha value is -2.64. The van der Waals surface area contributed by atoms with Crippen LogP contribution in [0.15, 0.2) is 9.32 Å². The third-order valence-electron chi connectivity index (χ3n) is 4.26. The molecule has 2 amide bonds. The average Bonchev–Trinajstić information content (AvgIpc) is 2.91. The zero-order valence-electron chi connectivity index (χ0n) is 15.3. The van der Waals surface area contributed by atoms with Crippen LogP contribution in [0.5, 0.6) is 0 Å². The summed E-state index contributed by atoms with van der Waals surface area (Å²) in [5.74, 6) is 0.678. The monoisotopic (exact) mass is 347 g/mol. The molecule has 2 rings (SSSR count). The van der Waals surface area contributed by atoms with E-state index in [2.05, 4.69) is 26.0 Å². The molecule has 2 aromatic rings. The molecule has 0 aliphatic heterocycles. The Kier molecular flexibility index (Phi) is 5.95. The lowest BCUT2D eigenvalue weighted by Crippen LogP contribution is -2.38. The minimum Gasteiger partial charge on any atom is -0.361 e. The minimum atomic E-state index is -0.358. The van der Waals surface area contributed by atoms with Crippen molar-refractivity contribution in [3.05, 3.63) is 44.2 Å². The molecular formula is C17H25N5O3. The van der Waals surface area contributed by atoms with Gasteiger partial charge in [-0.05, 0) is 39.2 Å². The summed E-state index contributed by atoms with van der Waals surface area (Å²) in [6.07, 6.45) is 1.41. The van der Waals surface area contributed by atoms with Crippen LogP contribution in [0.4, 0.5) is 4.79 Å². The van der Waals surface area contributed by atoms with E-state index in [-0.39, 0.29) is 24.2 Å². The van der Waals surface area contributed by atoms with Crippen molar-refractivity contribution in [3.8, 4) is 0 Å². The molecule has 2 aromatic heterocycles. The minimum absolute atomic E-state index is 0.147. The van der Waals surface area contributed by atoms with E-state index >= 15 is 0 Å². The lowest BCUT2D eigenvalue weighted by atomic mass is 10.0. The fourth-order valence-electron chi connectivity index (χ4n) is 3.06. The Balaban J connectivity index is 2.07. The molecule has 1 unspecified atom stereocenters. The number of hydrogen-bond acceptors (Lipinski definition) is 5. The van der Waals surface area contributed by atoms with Crippen LogP contribution >= 0.6 is 0 Å². The normalized spacial score (nSPS) is 12.0. The van der Waals surface area contributed by atoms with Gasteiger partial charge in [-0.3, -0.25) is 4.79 Å². The van der Waals surface area contributed by atoms with Gasteiger partial charge in [0.2, 0.25) is 0 Å². The van der Waals surface area contributed by atoms with E-state index in [9.17, 15) is 9.59 Å². The molecule has 0 fully saturated rings. The average molecular weight is 347 g/mol. The summed E-state index contributed by atoms with van der Waals surface area (Å²) >= 11 is 0. The van der Waals surface area contributed by atoms with Crippen LogP contribution in [-0.2, 0) is 19.4 Å². The van der Waals surface area contributed by atoms with E-state index in [1.807, 2.05) is 34.6 Å². The van der Waals surface area contributed by atoms with Crippen LogP contribution in [0.25, 0.3) is 0 Å². The first-order chi connectivity index (χ1) is 11.9. The molecule has 0 bridgehead atoms. The van der Waals surface area contributed by atoms with Gasteiger partial charge in [0, 0.05) is 11.1 Å². The van der Waals surface area contributed by atoms with Gasteiger partial charge in [0.15, 0.2) is 0 Å². The second kappa shape index (κ2) is 7.96. The first kappa shape index (κ1) is 18.7. The molecule has 3 N–H and O–H groups in total. The Morgan fingerprint density at radius 3 is 2.52 bits per heavy atom. The van der Waals surface area contributed by atoms with Gasteiger partial charge in [0.25, 0.3) is 5.56 Å². The van der Waals surface area contributed by atoms with Crippen LogP contribution in [0.2, 0.25) is 0 Å². The molecule has 0 aliphatic rings. The van der Waals surface area contributed by atoms with Gasteiger partial charge >= 0.3 is 6.03 Å². The predicted molar refractivity (Wildman–Crippen MR) is 93.4 cm³/mol. The Morgan fingerprint density at radius 1 is 1.24 bits per heavy atom. The van der Waals surface area contributed by atoms with Gasteiger partial charge in [-0.25, -0.2) is 9.89 Å². The lowest BCUT2D eigenvalue weighted by Gasteiger charge is -2.15. The van der Waals surface area contributed by atoms with E-state index in [0.29, 0.717) is 17.7 Å². The molecule has 136 valence electrons. The topological polar surface area (TPSA) is 113 Å². The molecule has 0 saturated carbocycles. The standard InChI is InChI=1S/C17H25N5O3/c1-6-12-13(16(23)21-20-14(12)7-2)8-18-17(24)19-9(3)15-10(4)22-25-11(15)5/h9H,6-8H2,1-5H3,(H,21,23)(H2,18,19,24). The van der Waals surface area contributed by atoms with E-state index < -0.39 is 0 Å². The van der Waals surface area contributed by atoms with Crippen molar-refractivity contribution < 1.29 is 9.32 Å². The summed E-state index contributed by atoms with van der Waals surface area (Å²) in [6, 6.07) is -0.609. The molecule has 8 heteroatoms. The highest BCUT2D eigenvalue weighted by Crippen LogP contribution is 2.20. The lowest BCUT2D eigenvalue weighted by molar-refractivity contribution is 0.237. The second-order valence-corrected chi connectivity index (χ2v) is 5.95. The van der Waals surface area contributed by atoms with Gasteiger partial charge in [-0.15, -0.1) is 0 Å². The van der Waals surface area contributed by atoms with Crippen molar-refractivity contribution in [1.82, 2.24) is 26.0 Å². The quantitative estimate of drug-likeness (QED) is 0.740. The van der Waals surface area contributed by atoms with Crippen molar-refractivity contribution in [1.29, 1.82) is 0 Å². The summed E-state index contributed by atoms with van der Waals surface area (Å²) in [7, 11) is 0. The number of amides is 2. The number of aromatic nitrogens is 3. The fourth-order valence-corrected chi connectivity index (χ4v) is 3.06. The highest BCUT2D eigenvalue weighted by molar-refractivity contribution is 5.74. The van der Waals surface area contributed by atoms with E-state index in [1.165, 1.54) is 0 Å². The summed E-state index contributed by atoms with van der Waals surface area (Å²) in [4.78, 5) is 24.3. The molecule has 25 heavy (non-hydrogen) atoms. The van der Waals surface area contributed by atoms with Crippen molar-refractivity contribution in [2.24, 2.45) is 0 Å². The van der Waals surface area contributed by atoms with Gasteiger partial charge in [0.1, 0.15) is 5.76 Å². The maximum absolute atomic E-state index is 12.2. The SMILES string of the molecule is CCc1n[nH]c(=O)c(CNC(=O)NC(C)c2c(C)noc2C)c1CC. The highest BCUT2D eigenvalue weighted by atomic mass is 16.5. The summed E-state index contributed by atoms with van der Waals surface area (Å²) < 4.78 is 5.12. The van der Waals surface area contributed by atoms with Crippen LogP contribution in [0.1, 0.15) is 60.7 Å². The van der Waals surface area contributed by atoms with Crippen molar-refractivity contribution in [3.63, 3.8) is 0 Å². The maximum Gasteiger partial charge on any atom is 0.315 e. The van der Waals surface area contributed by atoms with Crippen LogP contribution in [-0.4, -0.2) is 21.4 Å². The summed E-state index contributed by atoms with van der Waals surface area (Å²) in [5.41, 5.74) is 3.63. The Morgan fingerprint density at radius 2 is 1.96 bits per heavy atom. The Bertz CT molecular complexity index is 790. The molecular weight excluding hydrogens is 322 g/mol. The number of nitrogens with one attached hydrogen (secondary N) is 3. The zero-order chi connectivity index (χ0) is 18.6. The molecule has 2 heterocycles. The number of nitrogens with zero attached hydrogens (tertiary/aromatic N) is 2. The molecule has 0 spiro atoms. The summed E-state index contributed by atoms with van der Waals surface area (Å²) in [6.45, 7) is 9.60. The number of urea groups is 1. The third kappa shape index (κ3) is 4.07. The van der Waals surface area contributed by atoms with Gasteiger partial charge < -0.3 is 15.2 Å². The van der Waals surface area contributed by atoms with Gasteiger partial charge in [-0.1, -0.05) is 19.0 Å². The molecule has 1 atom stereocenters. The summed E-state index contributed by atoms with van der Waals surface area (Å²) in [5, 5.41) is 16.1. The first-order valence-electron chi connectivity index (χ1n) is 8.45. The van der Waals surface area contributed by atoms with Gasteiger partial charge in [-0.2, -0.15) is 5.10 Å². The fraction of sp³-hybridized carbons (Fsp3) is 0.529. The number of carbonyl (C=O) groups is 1. The number of aromatic amines is 1. The smallest absolute Gasteiger partial charge is 0.315 e. The van der Waals surface area contributed by atoms with Crippen LogP contribution in [0, 0.1) is 13.8 Å². The predicted octanol–water partition coefficient (Wildman–Crippen LogP) is 2.06.